The van der Waals surface area contributed by atoms with Crippen LogP contribution in [0.3, 0.4) is 0 Å². The van der Waals surface area contributed by atoms with Gasteiger partial charge in [-0.2, -0.15) is 0 Å². The summed E-state index contributed by atoms with van der Waals surface area (Å²) < 4.78 is 9.86. The van der Waals surface area contributed by atoms with Crippen LogP contribution in [0.5, 0.6) is 0 Å². The largest absolute Gasteiger partial charge is 0.323 e. The first-order chi connectivity index (χ1) is 16.7. The van der Waals surface area contributed by atoms with Gasteiger partial charge in [0.05, 0.1) is 0 Å². The molecule has 0 radical (unpaired) electrons. The highest BCUT2D eigenvalue weighted by atomic mass is 32.1. The molecule has 0 bridgehead atoms. The number of aromatic nitrogens is 6. The second-order valence-corrected chi connectivity index (χ2v) is 9.22. The molecule has 4 rings (SSSR count). The Balaban J connectivity index is 1.07. The molecule has 178 valence electrons. The number of hydrogen-bond donors (Lipinski definition) is 0. The van der Waals surface area contributed by atoms with Crippen LogP contribution in [0.2, 0.25) is 0 Å². The van der Waals surface area contributed by atoms with Crippen molar-refractivity contribution < 1.29 is 0 Å². The Labute approximate surface area is 211 Å². The van der Waals surface area contributed by atoms with Gasteiger partial charge in [0.2, 0.25) is 0 Å². The van der Waals surface area contributed by atoms with E-state index in [2.05, 4.69) is 31.5 Å². The molecule has 0 saturated carbocycles. The summed E-state index contributed by atoms with van der Waals surface area (Å²) in [4.78, 5) is 8.76. The molecule has 4 aromatic heterocycles. The van der Waals surface area contributed by atoms with E-state index >= 15 is 0 Å². The van der Waals surface area contributed by atoms with Crippen molar-refractivity contribution in [1.82, 2.24) is 28.2 Å². The minimum absolute atomic E-state index is 0.814. The van der Waals surface area contributed by atoms with Gasteiger partial charge in [-0.3, -0.25) is 9.13 Å². The van der Waals surface area contributed by atoms with Gasteiger partial charge in [-0.1, -0.05) is 50.7 Å². The van der Waals surface area contributed by atoms with E-state index in [1.807, 2.05) is 57.9 Å². The summed E-state index contributed by atoms with van der Waals surface area (Å²) in [5, 5.41) is 0. The van der Waals surface area contributed by atoms with Gasteiger partial charge in [-0.15, -0.1) is 0 Å². The Kier molecular flexibility index (Phi) is 8.98. The van der Waals surface area contributed by atoms with Crippen LogP contribution >= 0.6 is 24.4 Å². The SMILES string of the molecule is S=c1n(CCCCCCCCCCn2ccn(-c3ccccn3)c2=S)ccn1-c1ccccn1. The number of unbranched alkanes of at least 4 members (excludes halogenated alkanes) is 7. The maximum Gasteiger partial charge on any atom is 0.185 e. The molecular formula is C26H32N6S2. The zero-order valence-electron chi connectivity index (χ0n) is 19.5. The van der Waals surface area contributed by atoms with Gasteiger partial charge in [0.25, 0.3) is 0 Å². The Bertz CT molecular complexity index is 1150. The maximum absolute atomic E-state index is 5.61. The van der Waals surface area contributed by atoms with Crippen LogP contribution in [0.25, 0.3) is 11.6 Å². The lowest BCUT2D eigenvalue weighted by Crippen LogP contribution is -2.01. The second-order valence-electron chi connectivity index (χ2n) is 8.49. The third kappa shape index (κ3) is 6.39. The molecule has 0 aliphatic rings. The molecule has 0 fully saturated rings. The summed E-state index contributed by atoms with van der Waals surface area (Å²) in [5.41, 5.74) is 0. The van der Waals surface area contributed by atoms with Crippen molar-refractivity contribution in [3.8, 4) is 11.6 Å². The summed E-state index contributed by atoms with van der Waals surface area (Å²) in [5.74, 6) is 1.75. The Morgan fingerprint density at radius 3 is 1.32 bits per heavy atom. The van der Waals surface area contributed by atoms with Crippen LogP contribution in [0, 0.1) is 9.54 Å². The molecule has 0 spiro atoms. The number of imidazole rings is 2. The van der Waals surface area contributed by atoms with E-state index in [9.17, 15) is 0 Å². The lowest BCUT2D eigenvalue weighted by atomic mass is 10.1. The number of nitrogens with zero attached hydrogens (tertiary/aromatic N) is 6. The molecule has 6 nitrogen and oxygen atoms in total. The van der Waals surface area contributed by atoms with Crippen molar-refractivity contribution in [2.45, 2.75) is 64.5 Å². The van der Waals surface area contributed by atoms with Crippen LogP contribution in [-0.2, 0) is 13.1 Å². The molecule has 0 atom stereocenters. The van der Waals surface area contributed by atoms with Crippen LogP contribution < -0.4 is 0 Å². The average Bonchev–Trinajstić information content (AvgIpc) is 3.43. The van der Waals surface area contributed by atoms with Crippen LogP contribution in [0.1, 0.15) is 51.4 Å². The number of hydrogen-bond acceptors (Lipinski definition) is 4. The Hall–Kier alpha value is -2.84. The highest BCUT2D eigenvalue weighted by Gasteiger charge is 2.04. The molecule has 4 aromatic rings. The molecule has 0 aliphatic heterocycles. The molecule has 0 aliphatic carbocycles. The fourth-order valence-electron chi connectivity index (χ4n) is 4.13. The first kappa shape index (κ1) is 24.3. The van der Waals surface area contributed by atoms with E-state index in [-0.39, 0.29) is 0 Å². The molecule has 4 heterocycles. The molecule has 34 heavy (non-hydrogen) atoms. The van der Waals surface area contributed by atoms with Gasteiger partial charge < -0.3 is 9.13 Å². The molecule has 0 aromatic carbocycles. The molecule has 0 unspecified atom stereocenters. The lowest BCUT2D eigenvalue weighted by Gasteiger charge is -2.06. The predicted octanol–water partition coefficient (Wildman–Crippen LogP) is 6.94. The minimum atomic E-state index is 0.814. The van der Waals surface area contributed by atoms with E-state index in [1.54, 1.807) is 12.4 Å². The number of aryl methyl sites for hydroxylation is 2. The fourth-order valence-corrected chi connectivity index (χ4v) is 4.75. The van der Waals surface area contributed by atoms with Gasteiger partial charge in [0.1, 0.15) is 11.6 Å². The fraction of sp³-hybridized carbons (Fsp3) is 0.385. The van der Waals surface area contributed by atoms with Crippen molar-refractivity contribution in [2.75, 3.05) is 0 Å². The van der Waals surface area contributed by atoms with Gasteiger partial charge in [0, 0.05) is 50.3 Å². The topological polar surface area (TPSA) is 45.5 Å². The van der Waals surface area contributed by atoms with Crippen molar-refractivity contribution in [1.29, 1.82) is 0 Å². The minimum Gasteiger partial charge on any atom is -0.323 e. The lowest BCUT2D eigenvalue weighted by molar-refractivity contribution is 0.522. The molecular weight excluding hydrogens is 460 g/mol. The smallest absolute Gasteiger partial charge is 0.185 e. The third-order valence-electron chi connectivity index (χ3n) is 6.04. The third-order valence-corrected chi connectivity index (χ3v) is 6.90. The first-order valence-electron chi connectivity index (χ1n) is 12.1. The van der Waals surface area contributed by atoms with Crippen LogP contribution in [0.4, 0.5) is 0 Å². The Morgan fingerprint density at radius 1 is 0.529 bits per heavy atom. The Morgan fingerprint density at radius 2 is 0.941 bits per heavy atom. The van der Waals surface area contributed by atoms with Crippen molar-refractivity contribution in [3.05, 3.63) is 83.1 Å². The molecule has 0 saturated heterocycles. The summed E-state index contributed by atoms with van der Waals surface area (Å²) >= 11 is 11.2. The quantitative estimate of drug-likeness (QED) is 0.150. The van der Waals surface area contributed by atoms with Crippen molar-refractivity contribution >= 4 is 24.4 Å². The second kappa shape index (κ2) is 12.6. The molecule has 0 amide bonds. The van der Waals surface area contributed by atoms with Crippen LogP contribution in [-0.4, -0.2) is 28.2 Å². The zero-order valence-corrected chi connectivity index (χ0v) is 21.1. The number of rotatable bonds is 13. The van der Waals surface area contributed by atoms with Gasteiger partial charge >= 0.3 is 0 Å². The first-order valence-corrected chi connectivity index (χ1v) is 12.9. The van der Waals surface area contributed by atoms with Crippen molar-refractivity contribution in [2.24, 2.45) is 0 Å². The molecule has 8 heteroatoms. The van der Waals surface area contributed by atoms with E-state index in [4.69, 9.17) is 24.4 Å². The van der Waals surface area contributed by atoms with E-state index in [0.717, 1.165) is 47.1 Å². The van der Waals surface area contributed by atoms with E-state index in [1.165, 1.54) is 38.5 Å². The van der Waals surface area contributed by atoms with Crippen LogP contribution in [0.15, 0.2) is 73.6 Å². The predicted molar refractivity (Wildman–Crippen MR) is 142 cm³/mol. The summed E-state index contributed by atoms with van der Waals surface area (Å²) in [6.45, 7) is 1.94. The highest BCUT2D eigenvalue weighted by Crippen LogP contribution is 2.13. The summed E-state index contributed by atoms with van der Waals surface area (Å²) in [7, 11) is 0. The van der Waals surface area contributed by atoms with Gasteiger partial charge in [-0.25, -0.2) is 9.97 Å². The highest BCUT2D eigenvalue weighted by molar-refractivity contribution is 7.71. The summed E-state index contributed by atoms with van der Waals surface area (Å²) in [6.07, 6.45) is 21.7. The van der Waals surface area contributed by atoms with E-state index in [0.29, 0.717) is 0 Å². The van der Waals surface area contributed by atoms with Gasteiger partial charge in [-0.05, 0) is 61.5 Å². The normalized spacial score (nSPS) is 11.2. The van der Waals surface area contributed by atoms with Gasteiger partial charge in [0.15, 0.2) is 9.54 Å². The maximum atomic E-state index is 5.61. The average molecular weight is 493 g/mol. The zero-order chi connectivity index (χ0) is 23.6. The molecule has 0 N–H and O–H groups in total. The summed E-state index contributed by atoms with van der Waals surface area (Å²) in [6, 6.07) is 11.8. The van der Waals surface area contributed by atoms with Crippen molar-refractivity contribution in [3.63, 3.8) is 0 Å². The van der Waals surface area contributed by atoms with E-state index < -0.39 is 0 Å². The monoisotopic (exact) mass is 492 g/mol. The number of pyridine rings is 2. The standard InChI is InChI=1S/C26H32N6S2/c33-25-29(19-21-31(25)23-13-7-9-15-27-23)17-11-5-3-1-2-4-6-12-18-30-20-22-32(26(30)34)24-14-8-10-16-28-24/h7-10,13-16,19-22H,1-6,11-12,17-18H2.